The fourth-order valence-corrected chi connectivity index (χ4v) is 2.82. The molecule has 7 heteroatoms. The first kappa shape index (κ1) is 13.6. The Morgan fingerprint density at radius 2 is 2.23 bits per heavy atom. The van der Waals surface area contributed by atoms with Crippen LogP contribution in [-0.2, 0) is 11.3 Å². The van der Waals surface area contributed by atoms with Gasteiger partial charge in [0, 0.05) is 31.2 Å². The van der Waals surface area contributed by atoms with E-state index in [1.54, 1.807) is 10.9 Å². The molecule has 0 radical (unpaired) electrons. The van der Waals surface area contributed by atoms with Gasteiger partial charge in [0.05, 0.1) is 6.61 Å². The molecule has 22 heavy (non-hydrogen) atoms. The predicted octanol–water partition coefficient (Wildman–Crippen LogP) is 1.43. The molecule has 0 spiro atoms. The molecule has 2 fully saturated rings. The summed E-state index contributed by atoms with van der Waals surface area (Å²) in [6, 6.07) is 0. The number of hydrogen-bond acceptors (Lipinski definition) is 5. The molecule has 1 aliphatic carbocycles. The third-order valence-electron chi connectivity index (χ3n) is 4.31. The maximum absolute atomic E-state index is 12.4. The smallest absolute Gasteiger partial charge is 0.261 e. The lowest BCUT2D eigenvalue weighted by Crippen LogP contribution is -2.15. The molecule has 116 valence electrons. The zero-order chi connectivity index (χ0) is 15.1. The van der Waals surface area contributed by atoms with Crippen molar-refractivity contribution < 1.29 is 4.74 Å². The van der Waals surface area contributed by atoms with Crippen LogP contribution in [0.25, 0.3) is 11.4 Å². The van der Waals surface area contributed by atoms with E-state index in [2.05, 4.69) is 20.1 Å². The molecule has 1 N–H and O–H groups in total. The van der Waals surface area contributed by atoms with Crippen LogP contribution in [0.3, 0.4) is 0 Å². The van der Waals surface area contributed by atoms with Gasteiger partial charge >= 0.3 is 0 Å². The van der Waals surface area contributed by atoms with E-state index in [-0.39, 0.29) is 11.5 Å². The Kier molecular flexibility index (Phi) is 3.29. The molecule has 3 heterocycles. The fraction of sp³-hybridized carbons (Fsp3) is 0.600. The van der Waals surface area contributed by atoms with E-state index in [4.69, 9.17) is 4.74 Å². The van der Waals surface area contributed by atoms with Crippen molar-refractivity contribution in [1.82, 2.24) is 24.7 Å². The van der Waals surface area contributed by atoms with Gasteiger partial charge in [0.25, 0.3) is 5.56 Å². The normalized spacial score (nSPS) is 21.4. The summed E-state index contributed by atoms with van der Waals surface area (Å²) in [7, 11) is 0. The number of aromatic amines is 1. The van der Waals surface area contributed by atoms with Gasteiger partial charge < -0.3 is 9.72 Å². The minimum absolute atomic E-state index is 0.131. The maximum Gasteiger partial charge on any atom is 0.261 e. The molecule has 7 nitrogen and oxygen atoms in total. The summed E-state index contributed by atoms with van der Waals surface area (Å²) >= 11 is 0. The highest BCUT2D eigenvalue weighted by Gasteiger charge is 2.28. The Morgan fingerprint density at radius 3 is 2.86 bits per heavy atom. The number of nitrogens with zero attached hydrogens (tertiary/aromatic N) is 4. The van der Waals surface area contributed by atoms with E-state index in [1.807, 2.05) is 6.92 Å². The molecule has 2 aromatic rings. The maximum atomic E-state index is 12.4. The van der Waals surface area contributed by atoms with Gasteiger partial charge in [-0.1, -0.05) is 0 Å². The number of aryl methyl sites for hydroxylation is 1. The molecule has 2 aliphatic rings. The highest BCUT2D eigenvalue weighted by atomic mass is 16.5. The van der Waals surface area contributed by atoms with E-state index in [1.165, 1.54) is 0 Å². The van der Waals surface area contributed by atoms with Gasteiger partial charge in [-0.05, 0) is 26.2 Å². The first-order chi connectivity index (χ1) is 10.8. The molecule has 1 saturated carbocycles. The van der Waals surface area contributed by atoms with Crippen molar-refractivity contribution in [1.29, 1.82) is 0 Å². The van der Waals surface area contributed by atoms with E-state index in [0.717, 1.165) is 37.5 Å². The molecular weight excluding hydrogens is 282 g/mol. The molecule has 4 rings (SSSR count). The molecular formula is C15H19N5O2. The largest absolute Gasteiger partial charge is 0.381 e. The Bertz CT molecular complexity index is 741. The lowest BCUT2D eigenvalue weighted by molar-refractivity contribution is 0.193. The van der Waals surface area contributed by atoms with Gasteiger partial charge in [0.1, 0.15) is 11.4 Å². The Morgan fingerprint density at radius 1 is 1.36 bits per heavy atom. The number of ether oxygens (including phenoxy) is 1. The zero-order valence-corrected chi connectivity index (χ0v) is 12.6. The summed E-state index contributed by atoms with van der Waals surface area (Å²) in [5.74, 6) is 2.81. The number of hydrogen-bond donors (Lipinski definition) is 1. The zero-order valence-electron chi connectivity index (χ0n) is 12.6. The van der Waals surface area contributed by atoms with Crippen LogP contribution in [-0.4, -0.2) is 37.9 Å². The minimum Gasteiger partial charge on any atom is -0.381 e. The minimum atomic E-state index is -0.131. The number of aromatic nitrogens is 5. The molecule has 0 unspecified atom stereocenters. The summed E-state index contributed by atoms with van der Waals surface area (Å²) in [5, 5.41) is 4.54. The second kappa shape index (κ2) is 5.31. The summed E-state index contributed by atoms with van der Waals surface area (Å²) in [6.07, 6.45) is 4.79. The summed E-state index contributed by atoms with van der Waals surface area (Å²) < 4.78 is 7.18. The lowest BCUT2D eigenvalue weighted by atomic mass is 10.1. The van der Waals surface area contributed by atoms with E-state index in [0.29, 0.717) is 30.5 Å². The van der Waals surface area contributed by atoms with Crippen molar-refractivity contribution in [2.75, 3.05) is 13.2 Å². The first-order valence-electron chi connectivity index (χ1n) is 7.88. The van der Waals surface area contributed by atoms with Crippen LogP contribution >= 0.6 is 0 Å². The first-order valence-corrected chi connectivity index (χ1v) is 7.88. The molecule has 1 aliphatic heterocycles. The van der Waals surface area contributed by atoms with Crippen LogP contribution in [0.2, 0.25) is 0 Å². The van der Waals surface area contributed by atoms with Crippen LogP contribution < -0.4 is 5.56 Å². The van der Waals surface area contributed by atoms with Crippen LogP contribution in [0.4, 0.5) is 0 Å². The molecule has 1 atom stereocenters. The molecule has 1 saturated heterocycles. The molecule has 2 aromatic heterocycles. The highest BCUT2D eigenvalue weighted by Crippen LogP contribution is 2.37. The van der Waals surface area contributed by atoms with Crippen LogP contribution in [0, 0.1) is 0 Å². The quantitative estimate of drug-likeness (QED) is 0.923. The van der Waals surface area contributed by atoms with Crippen molar-refractivity contribution in [3.63, 3.8) is 0 Å². The molecule has 0 amide bonds. The number of rotatable bonds is 4. The van der Waals surface area contributed by atoms with Crippen molar-refractivity contribution >= 4 is 0 Å². The summed E-state index contributed by atoms with van der Waals surface area (Å²) in [4.78, 5) is 24.3. The molecule has 0 aromatic carbocycles. The second-order valence-electron chi connectivity index (χ2n) is 5.96. The van der Waals surface area contributed by atoms with Crippen LogP contribution in [0.15, 0.2) is 11.0 Å². The number of H-pyrrole nitrogens is 1. The highest BCUT2D eigenvalue weighted by molar-refractivity contribution is 5.52. The average Bonchev–Trinajstić information content (AvgIpc) is 3.07. The summed E-state index contributed by atoms with van der Waals surface area (Å²) in [5.41, 5.74) is 0.358. The van der Waals surface area contributed by atoms with Gasteiger partial charge in [0.2, 0.25) is 0 Å². The van der Waals surface area contributed by atoms with Crippen LogP contribution in [0.1, 0.15) is 49.7 Å². The van der Waals surface area contributed by atoms with Crippen molar-refractivity contribution in [2.24, 2.45) is 0 Å². The Labute approximate surface area is 127 Å². The Hall–Kier alpha value is -2.02. The predicted molar refractivity (Wildman–Crippen MR) is 79.7 cm³/mol. The van der Waals surface area contributed by atoms with Crippen LogP contribution in [0.5, 0.6) is 0 Å². The van der Waals surface area contributed by atoms with E-state index >= 15 is 0 Å². The number of nitrogens with one attached hydrogen (secondary N) is 1. The van der Waals surface area contributed by atoms with Crippen molar-refractivity contribution in [3.05, 3.63) is 28.2 Å². The Balaban J connectivity index is 1.73. The van der Waals surface area contributed by atoms with Gasteiger partial charge in [-0.2, -0.15) is 5.10 Å². The van der Waals surface area contributed by atoms with Gasteiger partial charge in [-0.3, -0.25) is 4.79 Å². The third kappa shape index (κ3) is 2.35. The van der Waals surface area contributed by atoms with Crippen molar-refractivity contribution in [2.45, 2.75) is 44.6 Å². The van der Waals surface area contributed by atoms with Gasteiger partial charge in [-0.15, -0.1) is 0 Å². The van der Waals surface area contributed by atoms with Gasteiger partial charge in [-0.25, -0.2) is 14.6 Å². The van der Waals surface area contributed by atoms with E-state index in [9.17, 15) is 4.79 Å². The standard InChI is InChI=1S/C15H19N5O2/c1-2-20-14(17-13(19-20)10-5-6-22-8-10)11-7-16-12(9-3-4-9)18-15(11)21/h7,9-10H,2-6,8H2,1H3,(H,16,18,21)/t10-/m1/s1. The monoisotopic (exact) mass is 301 g/mol. The lowest BCUT2D eigenvalue weighted by Gasteiger charge is -2.03. The molecule has 0 bridgehead atoms. The average molecular weight is 301 g/mol. The van der Waals surface area contributed by atoms with E-state index < -0.39 is 0 Å². The van der Waals surface area contributed by atoms with Crippen molar-refractivity contribution in [3.8, 4) is 11.4 Å². The summed E-state index contributed by atoms with van der Waals surface area (Å²) in [6.45, 7) is 4.06. The SMILES string of the molecule is CCn1nc([C@@H]2CCOC2)nc1-c1cnc(C2CC2)[nH]c1=O. The second-order valence-corrected chi connectivity index (χ2v) is 5.96. The topological polar surface area (TPSA) is 85.7 Å². The van der Waals surface area contributed by atoms with Gasteiger partial charge in [0.15, 0.2) is 11.6 Å². The third-order valence-corrected chi connectivity index (χ3v) is 4.31. The fourth-order valence-electron chi connectivity index (χ4n) is 2.82.